The Kier molecular flexibility index (Phi) is 5.36. The highest BCUT2D eigenvalue weighted by Crippen LogP contribution is 2.25. The van der Waals surface area contributed by atoms with E-state index in [1.165, 1.54) is 4.90 Å². The third kappa shape index (κ3) is 3.70. The van der Waals surface area contributed by atoms with Crippen LogP contribution in [-0.4, -0.2) is 41.4 Å². The third-order valence-corrected chi connectivity index (χ3v) is 3.91. The first-order valence-electron chi connectivity index (χ1n) is 7.94. The fourth-order valence-electron chi connectivity index (χ4n) is 2.76. The number of amides is 4. The molecule has 1 saturated heterocycles. The zero-order chi connectivity index (χ0) is 17.0. The van der Waals surface area contributed by atoms with Crippen LogP contribution < -0.4 is 10.2 Å². The number of nitrogens with one attached hydrogen (secondary N) is 1. The van der Waals surface area contributed by atoms with Crippen molar-refractivity contribution in [2.24, 2.45) is 0 Å². The topological polar surface area (TPSA) is 69.7 Å². The molecule has 124 valence electrons. The van der Waals surface area contributed by atoms with Crippen LogP contribution in [0.4, 0.5) is 10.5 Å². The summed E-state index contributed by atoms with van der Waals surface area (Å²) in [4.78, 5) is 39.3. The number of urea groups is 1. The Bertz CT molecular complexity index is 588. The van der Waals surface area contributed by atoms with E-state index in [2.05, 4.69) is 5.32 Å². The van der Waals surface area contributed by atoms with E-state index >= 15 is 0 Å². The Morgan fingerprint density at radius 3 is 2.52 bits per heavy atom. The summed E-state index contributed by atoms with van der Waals surface area (Å²) in [7, 11) is 0. The maximum absolute atomic E-state index is 12.5. The lowest BCUT2D eigenvalue weighted by Crippen LogP contribution is -2.44. The van der Waals surface area contributed by atoms with Crippen LogP contribution in [0.15, 0.2) is 30.3 Å². The van der Waals surface area contributed by atoms with Gasteiger partial charge in [0.05, 0.1) is 0 Å². The van der Waals surface area contributed by atoms with Gasteiger partial charge in [0.15, 0.2) is 0 Å². The average Bonchev–Trinajstić information content (AvgIpc) is 2.72. The average molecular weight is 317 g/mol. The van der Waals surface area contributed by atoms with Crippen molar-refractivity contribution < 1.29 is 14.4 Å². The molecule has 6 nitrogen and oxygen atoms in total. The van der Waals surface area contributed by atoms with Crippen molar-refractivity contribution in [3.05, 3.63) is 30.3 Å². The summed E-state index contributed by atoms with van der Waals surface area (Å²) in [5.74, 6) is -0.660. The normalized spacial score (nSPS) is 19.2. The SMILES string of the molecule is CCC[C@@H](C)NC(=O)CN1C(=O)[C@@H](C)N(c2ccccc2)C1=O. The van der Waals surface area contributed by atoms with Gasteiger partial charge < -0.3 is 5.32 Å². The number of benzene rings is 1. The molecule has 1 aliphatic rings. The van der Waals surface area contributed by atoms with Gasteiger partial charge in [-0.15, -0.1) is 0 Å². The molecule has 0 spiro atoms. The summed E-state index contributed by atoms with van der Waals surface area (Å²) in [5.41, 5.74) is 0.653. The number of carbonyl (C=O) groups is 3. The summed E-state index contributed by atoms with van der Waals surface area (Å²) in [6, 6.07) is 7.98. The molecular formula is C17H23N3O3. The lowest BCUT2D eigenvalue weighted by Gasteiger charge is -2.19. The van der Waals surface area contributed by atoms with Gasteiger partial charge in [-0.25, -0.2) is 4.79 Å². The summed E-state index contributed by atoms with van der Waals surface area (Å²) in [6.07, 6.45) is 1.82. The van der Waals surface area contributed by atoms with Gasteiger partial charge in [-0.2, -0.15) is 0 Å². The summed E-state index contributed by atoms with van der Waals surface area (Å²) in [5, 5.41) is 2.81. The zero-order valence-electron chi connectivity index (χ0n) is 13.8. The molecule has 6 heteroatoms. The molecule has 0 aromatic heterocycles. The lowest BCUT2D eigenvalue weighted by atomic mass is 10.2. The van der Waals surface area contributed by atoms with Crippen molar-refractivity contribution in [3.8, 4) is 0 Å². The van der Waals surface area contributed by atoms with Crippen molar-refractivity contribution >= 4 is 23.5 Å². The second-order valence-corrected chi connectivity index (χ2v) is 5.85. The molecule has 0 aliphatic carbocycles. The molecule has 1 aliphatic heterocycles. The predicted molar refractivity (Wildman–Crippen MR) is 88.0 cm³/mol. The predicted octanol–water partition coefficient (Wildman–Crippen LogP) is 2.15. The van der Waals surface area contributed by atoms with E-state index in [9.17, 15) is 14.4 Å². The number of rotatable bonds is 6. The third-order valence-electron chi connectivity index (χ3n) is 3.91. The fourth-order valence-corrected chi connectivity index (χ4v) is 2.76. The van der Waals surface area contributed by atoms with Crippen LogP contribution in [0.2, 0.25) is 0 Å². The number of hydrogen-bond acceptors (Lipinski definition) is 3. The Balaban J connectivity index is 2.07. The summed E-state index contributed by atoms with van der Waals surface area (Å²) >= 11 is 0. The van der Waals surface area contributed by atoms with Crippen molar-refractivity contribution in [1.82, 2.24) is 10.2 Å². The van der Waals surface area contributed by atoms with Crippen LogP contribution >= 0.6 is 0 Å². The highest BCUT2D eigenvalue weighted by molar-refractivity contribution is 6.15. The second kappa shape index (κ2) is 7.26. The largest absolute Gasteiger partial charge is 0.352 e. The monoisotopic (exact) mass is 317 g/mol. The van der Waals surface area contributed by atoms with Gasteiger partial charge in [-0.3, -0.25) is 19.4 Å². The van der Waals surface area contributed by atoms with Gasteiger partial charge in [-0.05, 0) is 32.4 Å². The van der Waals surface area contributed by atoms with Crippen LogP contribution in [-0.2, 0) is 9.59 Å². The molecule has 4 amide bonds. The molecule has 23 heavy (non-hydrogen) atoms. The minimum Gasteiger partial charge on any atom is -0.352 e. The number of imide groups is 1. The number of carbonyl (C=O) groups excluding carboxylic acids is 3. The van der Waals surface area contributed by atoms with Gasteiger partial charge in [0.1, 0.15) is 12.6 Å². The van der Waals surface area contributed by atoms with E-state index in [4.69, 9.17) is 0 Å². The molecule has 2 atom stereocenters. The molecule has 2 rings (SSSR count). The number of anilines is 1. The van der Waals surface area contributed by atoms with E-state index in [-0.39, 0.29) is 24.4 Å². The van der Waals surface area contributed by atoms with Gasteiger partial charge in [0, 0.05) is 11.7 Å². The molecule has 1 aromatic rings. The molecule has 0 unspecified atom stereocenters. The first-order valence-corrected chi connectivity index (χ1v) is 7.94. The van der Waals surface area contributed by atoms with Crippen molar-refractivity contribution in [2.45, 2.75) is 45.7 Å². The van der Waals surface area contributed by atoms with Crippen LogP contribution in [0.3, 0.4) is 0 Å². The van der Waals surface area contributed by atoms with E-state index in [1.54, 1.807) is 19.1 Å². The van der Waals surface area contributed by atoms with Crippen molar-refractivity contribution in [2.75, 3.05) is 11.4 Å². The molecule has 1 N–H and O–H groups in total. The van der Waals surface area contributed by atoms with Gasteiger partial charge >= 0.3 is 6.03 Å². The van der Waals surface area contributed by atoms with Crippen LogP contribution in [0.5, 0.6) is 0 Å². The molecular weight excluding hydrogens is 294 g/mol. The van der Waals surface area contributed by atoms with E-state index in [0.29, 0.717) is 5.69 Å². The second-order valence-electron chi connectivity index (χ2n) is 5.85. The smallest absolute Gasteiger partial charge is 0.332 e. The summed E-state index contributed by atoms with van der Waals surface area (Å²) in [6.45, 7) is 5.38. The Labute approximate surface area is 136 Å². The van der Waals surface area contributed by atoms with Crippen molar-refractivity contribution in [3.63, 3.8) is 0 Å². The maximum atomic E-state index is 12.5. The zero-order valence-corrected chi connectivity index (χ0v) is 13.8. The number of hydrogen-bond donors (Lipinski definition) is 1. The summed E-state index contributed by atoms with van der Waals surface area (Å²) < 4.78 is 0. The molecule has 0 saturated carbocycles. The Morgan fingerprint density at radius 2 is 1.91 bits per heavy atom. The van der Waals surface area contributed by atoms with Crippen LogP contribution in [0, 0.1) is 0 Å². The minimum atomic E-state index is -0.606. The molecule has 0 bridgehead atoms. The molecule has 1 fully saturated rings. The molecule has 1 aromatic carbocycles. The van der Waals surface area contributed by atoms with Gasteiger partial charge in [-0.1, -0.05) is 31.5 Å². The number of para-hydroxylation sites is 1. The number of nitrogens with zero attached hydrogens (tertiary/aromatic N) is 2. The van der Waals surface area contributed by atoms with E-state index in [1.807, 2.05) is 32.0 Å². The van der Waals surface area contributed by atoms with Crippen molar-refractivity contribution in [1.29, 1.82) is 0 Å². The molecule has 1 heterocycles. The standard InChI is InChI=1S/C17H23N3O3/c1-4-8-12(2)18-15(21)11-19-16(22)13(3)20(17(19)23)14-9-6-5-7-10-14/h5-7,9-10,12-13H,4,8,11H2,1-3H3,(H,18,21)/t12-,13-/m1/s1. The van der Waals surface area contributed by atoms with Crippen LogP contribution in [0.1, 0.15) is 33.6 Å². The molecule has 0 radical (unpaired) electrons. The van der Waals surface area contributed by atoms with E-state index < -0.39 is 12.1 Å². The highest BCUT2D eigenvalue weighted by atomic mass is 16.2. The maximum Gasteiger partial charge on any atom is 0.332 e. The van der Waals surface area contributed by atoms with Crippen LogP contribution in [0.25, 0.3) is 0 Å². The lowest BCUT2D eigenvalue weighted by molar-refractivity contribution is -0.132. The quantitative estimate of drug-likeness (QED) is 0.817. The van der Waals surface area contributed by atoms with E-state index in [0.717, 1.165) is 17.7 Å². The van der Waals surface area contributed by atoms with Gasteiger partial charge in [0.2, 0.25) is 5.91 Å². The minimum absolute atomic E-state index is 0.0305. The fraction of sp³-hybridized carbons (Fsp3) is 0.471. The first-order chi connectivity index (χ1) is 11.0. The highest BCUT2D eigenvalue weighted by Gasteiger charge is 2.43. The first kappa shape index (κ1) is 17.0. The Morgan fingerprint density at radius 1 is 1.26 bits per heavy atom. The van der Waals surface area contributed by atoms with Gasteiger partial charge in [0.25, 0.3) is 5.91 Å². The Hall–Kier alpha value is -2.37.